The van der Waals surface area contributed by atoms with Crippen molar-refractivity contribution in [1.82, 2.24) is 15.1 Å². The lowest BCUT2D eigenvalue weighted by atomic mass is 9.67. The van der Waals surface area contributed by atoms with Gasteiger partial charge in [-0.15, -0.1) is 0 Å². The molecule has 2 fully saturated rings. The number of fused-ring (bicyclic) bond motifs is 4. The molecule has 7 nitrogen and oxygen atoms in total. The quantitative estimate of drug-likeness (QED) is 0.435. The first-order valence-corrected chi connectivity index (χ1v) is 14.6. The Balaban J connectivity index is 1.06. The molecule has 0 aliphatic carbocycles. The van der Waals surface area contributed by atoms with Gasteiger partial charge in [0.15, 0.2) is 11.6 Å². The van der Waals surface area contributed by atoms with Crippen molar-refractivity contribution in [2.75, 3.05) is 32.8 Å². The van der Waals surface area contributed by atoms with Crippen LogP contribution in [-0.4, -0.2) is 58.9 Å². The molecule has 1 spiro atoms. The number of hydrogen-bond donors (Lipinski definition) is 1. The normalized spacial score (nSPS) is 20.2. The molecule has 1 unspecified atom stereocenters. The Morgan fingerprint density at radius 1 is 0.975 bits per heavy atom. The predicted octanol–water partition coefficient (Wildman–Crippen LogP) is 5.12. The fourth-order valence-corrected chi connectivity index (χ4v) is 7.77. The van der Waals surface area contributed by atoms with Crippen molar-refractivity contribution in [3.05, 3.63) is 95.1 Å². The Bertz CT molecular complexity index is 1440. The highest BCUT2D eigenvalue weighted by Gasteiger charge is 2.45. The van der Waals surface area contributed by atoms with Crippen LogP contribution in [0.5, 0.6) is 0 Å². The van der Waals surface area contributed by atoms with E-state index in [1.807, 2.05) is 36.4 Å². The van der Waals surface area contributed by atoms with E-state index in [2.05, 4.69) is 22.3 Å². The van der Waals surface area contributed by atoms with Crippen molar-refractivity contribution < 1.29 is 27.3 Å². The lowest BCUT2D eigenvalue weighted by Crippen LogP contribution is -2.46. The minimum absolute atomic E-state index is 0.118. The van der Waals surface area contributed by atoms with E-state index < -0.39 is 40.6 Å². The zero-order chi connectivity index (χ0) is 27.9. The predicted molar refractivity (Wildman–Crippen MR) is 144 cm³/mol. The molecule has 3 aromatic rings. The second-order valence-corrected chi connectivity index (χ2v) is 11.8. The molecule has 1 atom stereocenters. The van der Waals surface area contributed by atoms with Gasteiger partial charge in [-0.25, -0.2) is 27.5 Å². The van der Waals surface area contributed by atoms with E-state index in [-0.39, 0.29) is 17.6 Å². The Labute approximate surface area is 233 Å². The Morgan fingerprint density at radius 2 is 1.62 bits per heavy atom. The summed E-state index contributed by atoms with van der Waals surface area (Å²) in [6, 6.07) is 18.0. The van der Waals surface area contributed by atoms with Crippen LogP contribution in [-0.2, 0) is 21.0 Å². The summed E-state index contributed by atoms with van der Waals surface area (Å²) in [6.07, 6.45) is 1.66. The fourth-order valence-electron chi connectivity index (χ4n) is 6.20. The van der Waals surface area contributed by atoms with Crippen LogP contribution in [0.15, 0.2) is 76.5 Å². The average molecular weight is 566 g/mol. The number of benzene rings is 3. The molecule has 1 N–H and O–H groups in total. The molecule has 0 aromatic heterocycles. The van der Waals surface area contributed by atoms with Gasteiger partial charge < -0.3 is 15.0 Å². The standard InChI is InChI=1S/C30H29F2N3O4S/c31-23-11-10-20(18-24(23)32)25-19-39-29(37)35(25)28(36)33-14-5-15-34-16-12-30(13-17-34)21-6-1-3-8-26(21)40(38)27-9-4-2-7-22(27)30/h1-4,6-11,18,25H,5,12-17,19H2,(H,33,36). The smallest absolute Gasteiger partial charge is 0.418 e. The number of amides is 3. The number of carbonyl (C=O) groups is 2. The zero-order valence-corrected chi connectivity index (χ0v) is 22.6. The minimum Gasteiger partial charge on any atom is -0.446 e. The largest absolute Gasteiger partial charge is 0.446 e. The maximum atomic E-state index is 13.7. The number of halogens is 2. The van der Waals surface area contributed by atoms with Crippen molar-refractivity contribution in [3.63, 3.8) is 0 Å². The first-order chi connectivity index (χ1) is 19.4. The fraction of sp³-hybridized carbons (Fsp3) is 0.333. The first-order valence-electron chi connectivity index (χ1n) is 13.4. The molecular weight excluding hydrogens is 536 g/mol. The molecule has 10 heteroatoms. The summed E-state index contributed by atoms with van der Waals surface area (Å²) in [5.74, 6) is -2.05. The third kappa shape index (κ3) is 4.58. The number of hydrogen-bond acceptors (Lipinski definition) is 5. The van der Waals surface area contributed by atoms with Gasteiger partial charge in [-0.3, -0.25) is 0 Å². The summed E-state index contributed by atoms with van der Waals surface area (Å²) in [6.45, 7) is 2.72. The summed E-state index contributed by atoms with van der Waals surface area (Å²) in [5, 5.41) is 2.77. The molecular formula is C30H29F2N3O4S. The topological polar surface area (TPSA) is 79.0 Å². The highest BCUT2D eigenvalue weighted by molar-refractivity contribution is 7.85. The monoisotopic (exact) mass is 565 g/mol. The molecule has 3 aliphatic rings. The summed E-state index contributed by atoms with van der Waals surface area (Å²) >= 11 is 0. The maximum Gasteiger partial charge on any atom is 0.418 e. The minimum atomic E-state index is -1.18. The van der Waals surface area contributed by atoms with Crippen molar-refractivity contribution in [3.8, 4) is 0 Å². The first kappa shape index (κ1) is 26.6. The number of ether oxygens (including phenoxy) is 1. The highest BCUT2D eigenvalue weighted by Crippen LogP contribution is 2.49. The van der Waals surface area contributed by atoms with Crippen molar-refractivity contribution in [2.24, 2.45) is 0 Å². The van der Waals surface area contributed by atoms with Gasteiger partial charge in [-0.1, -0.05) is 42.5 Å². The van der Waals surface area contributed by atoms with Gasteiger partial charge in [-0.05, 0) is 79.9 Å². The zero-order valence-electron chi connectivity index (χ0n) is 21.8. The number of rotatable bonds is 5. The number of likely N-dealkylation sites (tertiary alicyclic amines) is 1. The van der Waals surface area contributed by atoms with Gasteiger partial charge >= 0.3 is 12.1 Å². The SMILES string of the molecule is O=C(NCCCN1CCC2(CC1)c1ccccc1S(=O)c1ccccc12)N1C(=O)OCC1c1ccc(F)c(F)c1. The van der Waals surface area contributed by atoms with Gasteiger partial charge in [0.25, 0.3) is 0 Å². The molecule has 0 bridgehead atoms. The van der Waals surface area contributed by atoms with Crippen molar-refractivity contribution in [1.29, 1.82) is 0 Å². The summed E-state index contributed by atoms with van der Waals surface area (Å²) in [7, 11) is -1.18. The third-order valence-corrected chi connectivity index (χ3v) is 9.77. The van der Waals surface area contributed by atoms with Crippen molar-refractivity contribution in [2.45, 2.75) is 40.5 Å². The van der Waals surface area contributed by atoms with E-state index in [1.165, 1.54) is 6.07 Å². The van der Waals surface area contributed by atoms with E-state index in [4.69, 9.17) is 4.74 Å². The molecule has 3 aromatic carbocycles. The van der Waals surface area contributed by atoms with Crippen LogP contribution >= 0.6 is 0 Å². The second-order valence-electron chi connectivity index (χ2n) is 10.4. The lowest BCUT2D eigenvalue weighted by molar-refractivity contribution is 0.157. The van der Waals surface area contributed by atoms with Gasteiger partial charge in [0.05, 0.1) is 10.8 Å². The average Bonchev–Trinajstić information content (AvgIpc) is 3.37. The van der Waals surface area contributed by atoms with Crippen molar-refractivity contribution >= 4 is 22.9 Å². The molecule has 2 saturated heterocycles. The van der Waals surface area contributed by atoms with Gasteiger partial charge in [0.2, 0.25) is 0 Å². The van der Waals surface area contributed by atoms with Crippen LogP contribution < -0.4 is 5.32 Å². The molecule has 40 heavy (non-hydrogen) atoms. The highest BCUT2D eigenvalue weighted by atomic mass is 32.2. The molecule has 3 heterocycles. The van der Waals surface area contributed by atoms with Gasteiger partial charge in [-0.2, -0.15) is 0 Å². The molecule has 0 saturated carbocycles. The maximum absolute atomic E-state index is 13.7. The molecule has 3 amide bonds. The molecule has 6 rings (SSSR count). The van der Waals surface area contributed by atoms with Crippen LogP contribution in [0, 0.1) is 11.6 Å². The number of urea groups is 1. The van der Waals surface area contributed by atoms with E-state index in [1.54, 1.807) is 0 Å². The number of cyclic esters (lactones) is 1. The van der Waals surface area contributed by atoms with Gasteiger partial charge in [0.1, 0.15) is 12.6 Å². The number of nitrogens with one attached hydrogen (secondary N) is 1. The molecule has 0 radical (unpaired) electrons. The number of carbonyl (C=O) groups excluding carboxylic acids is 2. The van der Waals surface area contributed by atoms with Crippen LogP contribution in [0.25, 0.3) is 0 Å². The summed E-state index contributed by atoms with van der Waals surface area (Å²) in [5.41, 5.74) is 2.44. The van der Waals surface area contributed by atoms with E-state index in [9.17, 15) is 22.6 Å². The van der Waals surface area contributed by atoms with Crippen LogP contribution in [0.4, 0.5) is 18.4 Å². The van der Waals surface area contributed by atoms with Crippen LogP contribution in [0.1, 0.15) is 42.0 Å². The number of imide groups is 1. The van der Waals surface area contributed by atoms with E-state index in [0.717, 1.165) is 70.4 Å². The second kappa shape index (κ2) is 10.7. The number of piperidine rings is 1. The Kier molecular flexibility index (Phi) is 7.14. The lowest BCUT2D eigenvalue weighted by Gasteiger charge is -2.46. The van der Waals surface area contributed by atoms with E-state index in [0.29, 0.717) is 13.0 Å². The Hall–Kier alpha value is -3.63. The summed E-state index contributed by atoms with van der Waals surface area (Å²) < 4.78 is 45.4. The van der Waals surface area contributed by atoms with Crippen LogP contribution in [0.2, 0.25) is 0 Å². The third-order valence-electron chi connectivity index (χ3n) is 8.26. The van der Waals surface area contributed by atoms with Gasteiger partial charge in [0, 0.05) is 21.8 Å². The summed E-state index contributed by atoms with van der Waals surface area (Å²) in [4.78, 5) is 30.1. The Morgan fingerprint density at radius 3 is 2.27 bits per heavy atom. The van der Waals surface area contributed by atoms with E-state index >= 15 is 0 Å². The van der Waals surface area contributed by atoms with Crippen LogP contribution in [0.3, 0.4) is 0 Å². The molecule has 208 valence electrons. The molecule has 3 aliphatic heterocycles. The number of nitrogens with zero attached hydrogens (tertiary/aromatic N) is 2.